The third-order valence-corrected chi connectivity index (χ3v) is 10.9. The fraction of sp³-hybridized carbons (Fsp3) is 0.189. The molecule has 0 fully saturated rings. The van der Waals surface area contributed by atoms with Crippen molar-refractivity contribution in [3.8, 4) is 24.3 Å². The Morgan fingerprint density at radius 2 is 1.16 bits per heavy atom. The van der Waals surface area contributed by atoms with Gasteiger partial charge in [0.15, 0.2) is 0 Å². The SMILES string of the molecule is Cc1ccc2c(c1)C(N)=C(c1cccc(C3=C(C#N)c4cc(C#N)ccc4/C3=C(\C#N)S(C)(C)C)c1)/C2=C(/C#N)S(C)(C)C. The second kappa shape index (κ2) is 11.0. The molecule has 0 aromatic heterocycles. The van der Waals surface area contributed by atoms with Crippen molar-refractivity contribution in [2.24, 2.45) is 5.73 Å². The van der Waals surface area contributed by atoms with E-state index in [1.807, 2.05) is 43.3 Å². The summed E-state index contributed by atoms with van der Waals surface area (Å²) in [5, 5.41) is 41.0. The van der Waals surface area contributed by atoms with Crippen LogP contribution in [-0.2, 0) is 0 Å². The largest absolute Gasteiger partial charge is 0.398 e. The molecule has 7 heteroatoms. The second-order valence-corrected chi connectivity index (χ2v) is 20.6. The first-order valence-corrected chi connectivity index (χ1v) is 19.6. The van der Waals surface area contributed by atoms with Gasteiger partial charge in [0.2, 0.25) is 0 Å². The highest BCUT2D eigenvalue weighted by Gasteiger charge is 2.35. The highest BCUT2D eigenvalue weighted by atomic mass is 32.3. The molecular formula is C37H33N5S2. The Labute approximate surface area is 263 Å². The van der Waals surface area contributed by atoms with Crippen LogP contribution in [0.2, 0.25) is 0 Å². The molecule has 0 saturated carbocycles. The van der Waals surface area contributed by atoms with E-state index < -0.39 is 20.1 Å². The van der Waals surface area contributed by atoms with E-state index in [4.69, 9.17) is 5.73 Å². The van der Waals surface area contributed by atoms with Crippen LogP contribution in [0.1, 0.15) is 44.5 Å². The molecule has 3 aromatic carbocycles. The standard InChI is InChI=1S/C37H33N5S2/c1-22-11-13-27-29(15-22)37(42)34(36(27)32(21-41)44(5,6)7)25-10-8-9-24(17-25)33-30(19-39)28-16-23(18-38)12-14-26(28)35(33)31(20-40)43(2,3)4/h8-17H,42H2,1-7H3/b35-31-,36-32-. The molecule has 0 saturated heterocycles. The van der Waals surface area contributed by atoms with Gasteiger partial charge in [-0.25, -0.2) is 20.1 Å². The number of rotatable bonds is 4. The van der Waals surface area contributed by atoms with Crippen molar-refractivity contribution in [3.63, 3.8) is 0 Å². The molecule has 5 rings (SSSR count). The van der Waals surface area contributed by atoms with Crippen LogP contribution in [0.4, 0.5) is 0 Å². The average Bonchev–Trinajstić information content (AvgIpc) is 3.43. The molecule has 44 heavy (non-hydrogen) atoms. The quantitative estimate of drug-likeness (QED) is 0.300. The number of hydrogen-bond acceptors (Lipinski definition) is 5. The summed E-state index contributed by atoms with van der Waals surface area (Å²) in [6, 6.07) is 29.0. The number of nitriles is 4. The average molecular weight is 612 g/mol. The molecule has 0 radical (unpaired) electrons. The summed E-state index contributed by atoms with van der Waals surface area (Å²) in [6.07, 6.45) is 12.5. The van der Waals surface area contributed by atoms with Crippen LogP contribution in [0.5, 0.6) is 0 Å². The zero-order valence-corrected chi connectivity index (χ0v) is 27.6. The normalized spacial score (nSPS) is 17.2. The van der Waals surface area contributed by atoms with Crippen molar-refractivity contribution >= 4 is 53.6 Å². The van der Waals surface area contributed by atoms with Crippen molar-refractivity contribution in [2.75, 3.05) is 37.5 Å². The fourth-order valence-corrected chi connectivity index (χ4v) is 8.14. The van der Waals surface area contributed by atoms with Crippen LogP contribution in [-0.4, -0.2) is 37.5 Å². The van der Waals surface area contributed by atoms with Crippen LogP contribution in [0.15, 0.2) is 70.5 Å². The number of fused-ring (bicyclic) bond motifs is 2. The number of hydrogen-bond donors (Lipinski definition) is 1. The van der Waals surface area contributed by atoms with Crippen molar-refractivity contribution in [1.29, 1.82) is 21.0 Å². The lowest BCUT2D eigenvalue weighted by atomic mass is 9.91. The molecule has 3 aromatic rings. The van der Waals surface area contributed by atoms with Crippen LogP contribution < -0.4 is 5.73 Å². The maximum absolute atomic E-state index is 10.5. The first kappa shape index (κ1) is 30.5. The van der Waals surface area contributed by atoms with Gasteiger partial charge in [0.05, 0.1) is 27.0 Å². The molecule has 2 aliphatic rings. The lowest BCUT2D eigenvalue weighted by molar-refractivity contribution is 1.42. The Kier molecular flexibility index (Phi) is 7.61. The number of benzene rings is 3. The minimum Gasteiger partial charge on any atom is -0.398 e. The molecule has 0 heterocycles. The summed E-state index contributed by atoms with van der Waals surface area (Å²) in [4.78, 5) is 1.36. The molecule has 218 valence electrons. The summed E-state index contributed by atoms with van der Waals surface area (Å²) in [5.74, 6) is 0. The molecule has 0 spiro atoms. The maximum Gasteiger partial charge on any atom is 0.105 e. The van der Waals surface area contributed by atoms with Crippen molar-refractivity contribution < 1.29 is 0 Å². The van der Waals surface area contributed by atoms with Gasteiger partial charge in [0.25, 0.3) is 0 Å². The second-order valence-electron chi connectivity index (χ2n) is 12.5. The first-order chi connectivity index (χ1) is 20.8. The highest BCUT2D eigenvalue weighted by Crippen LogP contribution is 2.58. The minimum atomic E-state index is -1.50. The van der Waals surface area contributed by atoms with Gasteiger partial charge < -0.3 is 5.73 Å². The van der Waals surface area contributed by atoms with Gasteiger partial charge >= 0.3 is 0 Å². The van der Waals surface area contributed by atoms with Crippen molar-refractivity contribution in [2.45, 2.75) is 6.92 Å². The summed E-state index contributed by atoms with van der Waals surface area (Å²) < 4.78 is 0. The van der Waals surface area contributed by atoms with E-state index >= 15 is 0 Å². The predicted octanol–water partition coefficient (Wildman–Crippen LogP) is 8.01. The molecule has 0 bridgehead atoms. The van der Waals surface area contributed by atoms with E-state index in [1.165, 1.54) is 0 Å². The van der Waals surface area contributed by atoms with Crippen LogP contribution in [0.3, 0.4) is 0 Å². The van der Waals surface area contributed by atoms with E-state index in [9.17, 15) is 21.0 Å². The third-order valence-electron chi connectivity index (χ3n) is 7.87. The number of allylic oxidation sites excluding steroid dienone is 7. The zero-order valence-electron chi connectivity index (χ0n) is 26.0. The minimum absolute atomic E-state index is 0.431. The third kappa shape index (κ3) is 4.92. The Morgan fingerprint density at radius 3 is 1.70 bits per heavy atom. The van der Waals surface area contributed by atoms with Crippen LogP contribution >= 0.6 is 20.1 Å². The molecule has 0 amide bonds. The first-order valence-electron chi connectivity index (χ1n) is 13.8. The van der Waals surface area contributed by atoms with E-state index in [2.05, 4.69) is 73.9 Å². The maximum atomic E-state index is 10.5. The smallest absolute Gasteiger partial charge is 0.105 e. The zero-order chi connectivity index (χ0) is 32.1. The van der Waals surface area contributed by atoms with Crippen molar-refractivity contribution in [3.05, 3.63) is 115 Å². The van der Waals surface area contributed by atoms with Gasteiger partial charge in [-0.3, -0.25) is 0 Å². The molecule has 2 N–H and O–H groups in total. The summed E-state index contributed by atoms with van der Waals surface area (Å²) in [7, 11) is -2.93. The van der Waals surface area contributed by atoms with Gasteiger partial charge in [-0.15, -0.1) is 0 Å². The van der Waals surface area contributed by atoms with E-state index in [1.54, 1.807) is 12.1 Å². The van der Waals surface area contributed by atoms with E-state index in [0.29, 0.717) is 32.9 Å². The number of nitrogens with zero attached hydrogens (tertiary/aromatic N) is 4. The summed E-state index contributed by atoms with van der Waals surface area (Å²) in [6.45, 7) is 2.03. The fourth-order valence-electron chi connectivity index (χ4n) is 5.94. The molecule has 0 atom stereocenters. The Hall–Kier alpha value is -4.92. The molecule has 0 unspecified atom stereocenters. The topological polar surface area (TPSA) is 121 Å². The predicted molar refractivity (Wildman–Crippen MR) is 188 cm³/mol. The molecule has 2 aliphatic carbocycles. The Morgan fingerprint density at radius 1 is 0.614 bits per heavy atom. The lowest BCUT2D eigenvalue weighted by Crippen LogP contribution is -2.02. The van der Waals surface area contributed by atoms with Crippen molar-refractivity contribution in [1.82, 2.24) is 0 Å². The van der Waals surface area contributed by atoms with Gasteiger partial charge in [0, 0.05) is 39.1 Å². The Balaban J connectivity index is 1.86. The molecule has 5 nitrogen and oxygen atoms in total. The molecular weight excluding hydrogens is 579 g/mol. The van der Waals surface area contributed by atoms with E-state index in [0.717, 1.165) is 55.0 Å². The number of aryl methyl sites for hydroxylation is 1. The van der Waals surface area contributed by atoms with Gasteiger partial charge in [-0.1, -0.05) is 42.0 Å². The van der Waals surface area contributed by atoms with Crippen LogP contribution in [0.25, 0.3) is 33.6 Å². The van der Waals surface area contributed by atoms with Gasteiger partial charge in [-0.2, -0.15) is 21.0 Å². The van der Waals surface area contributed by atoms with Gasteiger partial charge in [0.1, 0.15) is 18.2 Å². The van der Waals surface area contributed by atoms with Gasteiger partial charge in [-0.05, 0) is 91.0 Å². The highest BCUT2D eigenvalue weighted by molar-refractivity contribution is 8.35. The Bertz CT molecular complexity index is 2080. The van der Waals surface area contributed by atoms with Crippen LogP contribution in [0, 0.1) is 52.2 Å². The van der Waals surface area contributed by atoms with E-state index in [-0.39, 0.29) is 0 Å². The number of nitrogens with two attached hydrogens (primary N) is 1. The monoisotopic (exact) mass is 611 g/mol. The summed E-state index contributed by atoms with van der Waals surface area (Å²) in [5.41, 5.74) is 17.5. The molecule has 0 aliphatic heterocycles. The lowest BCUT2D eigenvalue weighted by Gasteiger charge is -2.28. The summed E-state index contributed by atoms with van der Waals surface area (Å²) >= 11 is 0.